The molecule has 1 atom stereocenters. The van der Waals surface area contributed by atoms with E-state index in [4.69, 9.17) is 0 Å². The second-order valence-electron chi connectivity index (χ2n) is 4.22. The van der Waals surface area contributed by atoms with Gasteiger partial charge in [0.05, 0.1) is 6.04 Å². The van der Waals surface area contributed by atoms with E-state index in [0.717, 1.165) is 6.54 Å². The number of hydrogen-bond acceptors (Lipinski definition) is 2. The summed E-state index contributed by atoms with van der Waals surface area (Å²) >= 11 is 1.72. The lowest BCUT2D eigenvalue weighted by Crippen LogP contribution is -2.33. The normalized spacial score (nSPS) is 21.2. The number of urea groups is 1. The van der Waals surface area contributed by atoms with Gasteiger partial charge in [0, 0.05) is 17.5 Å². The number of nitrogens with zero attached hydrogens (tertiary/aromatic N) is 1. The molecule has 0 aliphatic carbocycles. The van der Waals surface area contributed by atoms with Crippen LogP contribution in [0.1, 0.15) is 30.3 Å². The SMILES string of the molecule is Cc1ccsc1C1CN(C(C)C)C(=O)N1. The standard InChI is InChI=1S/C11H16N2OS/c1-7(2)13-6-9(12-11(13)14)10-8(3)4-5-15-10/h4-5,7,9H,6H2,1-3H3,(H,12,14). The molecule has 4 heteroatoms. The van der Waals surface area contributed by atoms with Crippen molar-refractivity contribution < 1.29 is 4.79 Å². The lowest BCUT2D eigenvalue weighted by Gasteiger charge is -2.18. The molecule has 1 unspecified atom stereocenters. The third-order valence-electron chi connectivity index (χ3n) is 2.78. The fourth-order valence-corrected chi connectivity index (χ4v) is 2.86. The first-order valence-electron chi connectivity index (χ1n) is 5.20. The van der Waals surface area contributed by atoms with Crippen LogP contribution in [0.2, 0.25) is 0 Å². The summed E-state index contributed by atoms with van der Waals surface area (Å²) in [6, 6.07) is 2.61. The van der Waals surface area contributed by atoms with Gasteiger partial charge in [-0.1, -0.05) is 0 Å². The third-order valence-corrected chi connectivity index (χ3v) is 3.91. The van der Waals surface area contributed by atoms with Gasteiger partial charge in [-0.15, -0.1) is 11.3 Å². The average molecular weight is 224 g/mol. The Hall–Kier alpha value is -1.03. The number of rotatable bonds is 2. The zero-order valence-corrected chi connectivity index (χ0v) is 10.1. The monoisotopic (exact) mass is 224 g/mol. The van der Waals surface area contributed by atoms with Gasteiger partial charge in [-0.3, -0.25) is 0 Å². The lowest BCUT2D eigenvalue weighted by atomic mass is 10.2. The predicted molar refractivity (Wildman–Crippen MR) is 62.2 cm³/mol. The molecule has 0 aromatic carbocycles. The molecule has 1 fully saturated rings. The molecule has 0 bridgehead atoms. The third kappa shape index (κ3) is 1.86. The summed E-state index contributed by atoms with van der Waals surface area (Å²) in [5.41, 5.74) is 1.27. The fourth-order valence-electron chi connectivity index (χ4n) is 1.89. The van der Waals surface area contributed by atoms with Crippen LogP contribution in [0.4, 0.5) is 4.79 Å². The number of aryl methyl sites for hydroxylation is 1. The van der Waals surface area contributed by atoms with Crippen LogP contribution in [0.15, 0.2) is 11.4 Å². The summed E-state index contributed by atoms with van der Waals surface area (Å²) < 4.78 is 0. The second-order valence-corrected chi connectivity index (χ2v) is 5.16. The number of thiophene rings is 1. The van der Waals surface area contributed by atoms with Gasteiger partial charge in [0.25, 0.3) is 0 Å². The van der Waals surface area contributed by atoms with Crippen LogP contribution >= 0.6 is 11.3 Å². The Morgan fingerprint density at radius 2 is 2.33 bits per heavy atom. The first-order chi connectivity index (χ1) is 7.09. The minimum absolute atomic E-state index is 0.0581. The Labute approximate surface area is 94.1 Å². The van der Waals surface area contributed by atoms with Crippen LogP contribution in [-0.2, 0) is 0 Å². The molecule has 0 saturated carbocycles. The van der Waals surface area contributed by atoms with Crippen molar-refractivity contribution in [3.05, 3.63) is 21.9 Å². The predicted octanol–water partition coefficient (Wildman–Crippen LogP) is 2.53. The molecule has 2 amide bonds. The van der Waals surface area contributed by atoms with Crippen molar-refractivity contribution in [3.8, 4) is 0 Å². The minimum atomic E-state index is 0.0581. The molecule has 1 saturated heterocycles. The molecule has 2 heterocycles. The molecule has 1 aromatic rings. The molecule has 3 nitrogen and oxygen atoms in total. The molecule has 15 heavy (non-hydrogen) atoms. The lowest BCUT2D eigenvalue weighted by molar-refractivity contribution is 0.206. The summed E-state index contributed by atoms with van der Waals surface area (Å²) in [6.45, 7) is 6.97. The van der Waals surface area contributed by atoms with Gasteiger partial charge in [-0.05, 0) is 37.8 Å². The van der Waals surface area contributed by atoms with Gasteiger partial charge in [-0.2, -0.15) is 0 Å². The Balaban J connectivity index is 2.16. The van der Waals surface area contributed by atoms with E-state index in [1.165, 1.54) is 10.4 Å². The molecule has 82 valence electrons. The van der Waals surface area contributed by atoms with E-state index in [9.17, 15) is 4.79 Å². The van der Waals surface area contributed by atoms with Crippen LogP contribution in [0, 0.1) is 6.92 Å². The molecule has 1 aliphatic rings. The highest BCUT2D eigenvalue weighted by Crippen LogP contribution is 2.28. The second kappa shape index (κ2) is 3.85. The van der Waals surface area contributed by atoms with Crippen LogP contribution in [-0.4, -0.2) is 23.5 Å². The molecule has 1 N–H and O–H groups in total. The molecular weight excluding hydrogens is 208 g/mol. The Morgan fingerprint density at radius 3 is 2.80 bits per heavy atom. The minimum Gasteiger partial charge on any atom is -0.329 e. The molecule has 1 aromatic heterocycles. The van der Waals surface area contributed by atoms with Gasteiger partial charge in [0.15, 0.2) is 0 Å². The maximum atomic E-state index is 11.7. The van der Waals surface area contributed by atoms with Crippen molar-refractivity contribution in [2.45, 2.75) is 32.9 Å². The first-order valence-corrected chi connectivity index (χ1v) is 6.08. The Bertz CT molecular complexity index is 372. The largest absolute Gasteiger partial charge is 0.329 e. The highest BCUT2D eigenvalue weighted by atomic mass is 32.1. The van der Waals surface area contributed by atoms with E-state index >= 15 is 0 Å². The zero-order valence-electron chi connectivity index (χ0n) is 9.28. The summed E-state index contributed by atoms with van der Waals surface area (Å²) in [4.78, 5) is 14.8. The molecule has 2 rings (SSSR count). The van der Waals surface area contributed by atoms with Gasteiger partial charge in [0.1, 0.15) is 0 Å². The van der Waals surface area contributed by atoms with Gasteiger partial charge < -0.3 is 10.2 Å². The Kier molecular flexibility index (Phi) is 2.69. The first kappa shape index (κ1) is 10.5. The fraction of sp³-hybridized carbons (Fsp3) is 0.545. The van der Waals surface area contributed by atoms with Crippen molar-refractivity contribution in [1.29, 1.82) is 0 Å². The highest BCUT2D eigenvalue weighted by molar-refractivity contribution is 7.10. The topological polar surface area (TPSA) is 32.3 Å². The van der Waals surface area contributed by atoms with Gasteiger partial charge in [0.2, 0.25) is 0 Å². The van der Waals surface area contributed by atoms with Crippen molar-refractivity contribution in [3.63, 3.8) is 0 Å². The number of nitrogens with one attached hydrogen (secondary N) is 1. The average Bonchev–Trinajstić information content (AvgIpc) is 2.71. The number of carbonyl (C=O) groups is 1. The van der Waals surface area contributed by atoms with E-state index < -0.39 is 0 Å². The quantitative estimate of drug-likeness (QED) is 0.822. The summed E-state index contributed by atoms with van der Waals surface area (Å²) in [5, 5.41) is 5.10. The van der Waals surface area contributed by atoms with Crippen LogP contribution in [0.3, 0.4) is 0 Å². The maximum absolute atomic E-state index is 11.7. The molecule has 0 spiro atoms. The van der Waals surface area contributed by atoms with Crippen molar-refractivity contribution in [2.24, 2.45) is 0 Å². The van der Waals surface area contributed by atoms with E-state index in [1.54, 1.807) is 11.3 Å². The van der Waals surface area contributed by atoms with Crippen molar-refractivity contribution >= 4 is 17.4 Å². The smallest absolute Gasteiger partial charge is 0.318 e. The summed E-state index contributed by atoms with van der Waals surface area (Å²) in [7, 11) is 0. The summed E-state index contributed by atoms with van der Waals surface area (Å²) in [6.07, 6.45) is 0. The van der Waals surface area contributed by atoms with E-state index in [2.05, 4.69) is 23.7 Å². The van der Waals surface area contributed by atoms with Crippen molar-refractivity contribution in [1.82, 2.24) is 10.2 Å². The number of carbonyl (C=O) groups excluding carboxylic acids is 1. The maximum Gasteiger partial charge on any atom is 0.318 e. The zero-order chi connectivity index (χ0) is 11.0. The van der Waals surface area contributed by atoms with E-state index in [-0.39, 0.29) is 18.1 Å². The molecule has 1 aliphatic heterocycles. The number of hydrogen-bond donors (Lipinski definition) is 1. The van der Waals surface area contributed by atoms with E-state index in [0.29, 0.717) is 0 Å². The molecular formula is C11H16N2OS. The number of amides is 2. The van der Waals surface area contributed by atoms with Gasteiger partial charge in [-0.25, -0.2) is 4.79 Å². The molecule has 0 radical (unpaired) electrons. The summed E-state index contributed by atoms with van der Waals surface area (Å²) in [5.74, 6) is 0. The van der Waals surface area contributed by atoms with E-state index in [1.807, 2.05) is 18.7 Å². The van der Waals surface area contributed by atoms with Crippen molar-refractivity contribution in [2.75, 3.05) is 6.54 Å². The van der Waals surface area contributed by atoms with Gasteiger partial charge >= 0.3 is 6.03 Å². The van der Waals surface area contributed by atoms with Crippen LogP contribution in [0.5, 0.6) is 0 Å². The highest BCUT2D eigenvalue weighted by Gasteiger charge is 2.32. The Morgan fingerprint density at radius 1 is 1.60 bits per heavy atom. The van der Waals surface area contributed by atoms with Crippen LogP contribution < -0.4 is 5.32 Å². The van der Waals surface area contributed by atoms with Crippen LogP contribution in [0.25, 0.3) is 0 Å².